The van der Waals surface area contributed by atoms with Crippen LogP contribution in [0.1, 0.15) is 28.7 Å². The quantitative estimate of drug-likeness (QED) is 0.594. The first-order valence-corrected chi connectivity index (χ1v) is 9.07. The van der Waals surface area contributed by atoms with Crippen LogP contribution >= 0.6 is 0 Å². The summed E-state index contributed by atoms with van der Waals surface area (Å²) in [5, 5.41) is 2.84. The Morgan fingerprint density at radius 3 is 2.71 bits per heavy atom. The molecule has 0 radical (unpaired) electrons. The lowest BCUT2D eigenvalue weighted by molar-refractivity contribution is 0.0966. The van der Waals surface area contributed by atoms with Gasteiger partial charge in [0.1, 0.15) is 29.2 Å². The summed E-state index contributed by atoms with van der Waals surface area (Å²) < 4.78 is 2.03. The smallest absolute Gasteiger partial charge is 0.251 e. The molecule has 0 saturated carbocycles. The zero-order chi connectivity index (χ0) is 19.3. The van der Waals surface area contributed by atoms with Gasteiger partial charge in [0.25, 0.3) is 5.91 Å². The Bertz CT molecular complexity index is 1230. The number of benzene rings is 1. The zero-order valence-electron chi connectivity index (χ0n) is 15.5. The number of carbonyl (C=O) groups excluding carboxylic acids is 1. The molecule has 0 aliphatic carbocycles. The molecule has 0 unspecified atom stereocenters. The number of amides is 1. The maximum Gasteiger partial charge on any atom is 0.251 e. The number of carbonyl (C=O) groups is 1. The van der Waals surface area contributed by atoms with Crippen molar-refractivity contribution in [1.29, 1.82) is 0 Å². The lowest BCUT2D eigenvalue weighted by Gasteiger charge is -2.05. The van der Waals surface area contributed by atoms with Gasteiger partial charge in [0.05, 0.1) is 5.56 Å². The van der Waals surface area contributed by atoms with E-state index in [4.69, 9.17) is 4.98 Å². The minimum atomic E-state index is -0.0358. The number of rotatable bonds is 3. The van der Waals surface area contributed by atoms with Gasteiger partial charge in [0, 0.05) is 36.6 Å². The summed E-state index contributed by atoms with van der Waals surface area (Å²) >= 11 is 0. The van der Waals surface area contributed by atoms with Crippen LogP contribution in [0.15, 0.2) is 36.9 Å². The molecule has 1 aliphatic rings. The van der Waals surface area contributed by atoms with Gasteiger partial charge in [-0.1, -0.05) is 6.07 Å². The van der Waals surface area contributed by atoms with Crippen LogP contribution in [0.25, 0.3) is 33.8 Å². The topological polar surface area (TPSA) is 98.5 Å². The number of nitrogens with one attached hydrogen (secondary N) is 1. The molecule has 1 aliphatic heterocycles. The summed E-state index contributed by atoms with van der Waals surface area (Å²) in [6.07, 6.45) is 5.10. The Balaban J connectivity index is 1.71. The van der Waals surface area contributed by atoms with Crippen LogP contribution in [0.5, 0.6) is 0 Å². The van der Waals surface area contributed by atoms with E-state index in [1.165, 1.54) is 0 Å². The third kappa shape index (κ3) is 2.45. The second kappa shape index (κ2) is 6.19. The summed E-state index contributed by atoms with van der Waals surface area (Å²) in [5.74, 6) is 1.44. The van der Waals surface area contributed by atoms with Gasteiger partial charge < -0.3 is 9.88 Å². The van der Waals surface area contributed by atoms with Gasteiger partial charge in [-0.15, -0.1) is 0 Å². The van der Waals surface area contributed by atoms with Gasteiger partial charge in [0.2, 0.25) is 0 Å². The number of imidazole rings is 1. The van der Waals surface area contributed by atoms with E-state index < -0.39 is 0 Å². The molecule has 8 nitrogen and oxygen atoms in total. The fourth-order valence-electron chi connectivity index (χ4n) is 3.56. The number of hydrogen-bond acceptors (Lipinski definition) is 6. The summed E-state index contributed by atoms with van der Waals surface area (Å²) in [7, 11) is 0. The first kappa shape index (κ1) is 16.5. The lowest BCUT2D eigenvalue weighted by Crippen LogP contribution is -2.12. The van der Waals surface area contributed by atoms with Crippen LogP contribution < -0.4 is 5.32 Å². The molecule has 4 heterocycles. The molecule has 0 spiro atoms. The maximum absolute atomic E-state index is 11.8. The average Bonchev–Trinajstić information content (AvgIpc) is 3.28. The van der Waals surface area contributed by atoms with E-state index in [9.17, 15) is 4.79 Å². The monoisotopic (exact) mass is 371 g/mol. The normalized spacial score (nSPS) is 13.0. The fourth-order valence-corrected chi connectivity index (χ4v) is 3.56. The zero-order valence-corrected chi connectivity index (χ0v) is 15.5. The van der Waals surface area contributed by atoms with Gasteiger partial charge in [-0.25, -0.2) is 24.9 Å². The highest BCUT2D eigenvalue weighted by Crippen LogP contribution is 2.31. The SMILES string of the molecule is CCn1c(-c2cnc(C)nc2)nc2c(-c3ccc4c(c3)CNC4=O)ncnc21. The number of aryl methyl sites for hydroxylation is 2. The molecule has 8 heteroatoms. The third-order valence-corrected chi connectivity index (χ3v) is 4.95. The second-order valence-corrected chi connectivity index (χ2v) is 6.65. The van der Waals surface area contributed by atoms with E-state index in [-0.39, 0.29) is 5.91 Å². The highest BCUT2D eigenvalue weighted by molar-refractivity contribution is 5.99. The number of aromatic nitrogens is 6. The molecule has 0 fully saturated rings. The second-order valence-electron chi connectivity index (χ2n) is 6.65. The minimum Gasteiger partial charge on any atom is -0.348 e. The molecule has 0 saturated heterocycles. The lowest BCUT2D eigenvalue weighted by atomic mass is 10.0. The largest absolute Gasteiger partial charge is 0.348 e. The van der Waals surface area contributed by atoms with Crippen LogP contribution in [-0.2, 0) is 13.1 Å². The highest BCUT2D eigenvalue weighted by Gasteiger charge is 2.22. The Labute approximate surface area is 160 Å². The van der Waals surface area contributed by atoms with Crippen LogP contribution in [0.4, 0.5) is 0 Å². The van der Waals surface area contributed by atoms with Crippen LogP contribution in [-0.4, -0.2) is 35.4 Å². The number of fused-ring (bicyclic) bond motifs is 2. The molecule has 5 rings (SSSR count). The molecule has 0 atom stereocenters. The van der Waals surface area contributed by atoms with Crippen molar-refractivity contribution in [3.05, 3.63) is 53.9 Å². The van der Waals surface area contributed by atoms with Crippen molar-refractivity contribution in [2.75, 3.05) is 0 Å². The molecule has 1 amide bonds. The molecule has 0 bridgehead atoms. The Hall–Kier alpha value is -3.68. The van der Waals surface area contributed by atoms with E-state index in [0.29, 0.717) is 24.5 Å². The Kier molecular flexibility index (Phi) is 3.65. The summed E-state index contributed by atoms with van der Waals surface area (Å²) in [6, 6.07) is 5.74. The first-order valence-electron chi connectivity index (χ1n) is 9.07. The Morgan fingerprint density at radius 2 is 1.93 bits per heavy atom. The number of hydrogen-bond donors (Lipinski definition) is 1. The van der Waals surface area contributed by atoms with E-state index in [0.717, 1.165) is 39.4 Å². The van der Waals surface area contributed by atoms with E-state index in [1.54, 1.807) is 18.7 Å². The van der Waals surface area contributed by atoms with Gasteiger partial charge in [0.15, 0.2) is 5.65 Å². The molecular formula is C20H17N7O. The molecule has 4 aromatic rings. The van der Waals surface area contributed by atoms with Crippen molar-refractivity contribution >= 4 is 17.1 Å². The molecular weight excluding hydrogens is 354 g/mol. The van der Waals surface area contributed by atoms with Crippen LogP contribution in [0.2, 0.25) is 0 Å². The molecule has 1 N–H and O–H groups in total. The standard InChI is InChI=1S/C20H17N7O/c1-3-27-18(14-8-21-11(2)22-9-14)26-17-16(24-10-25-19(17)27)12-4-5-15-13(6-12)7-23-20(15)28/h4-6,8-10H,3,7H2,1-2H3,(H,23,28). The van der Waals surface area contributed by atoms with Crippen LogP contribution in [0.3, 0.4) is 0 Å². The van der Waals surface area contributed by atoms with Gasteiger partial charge in [-0.2, -0.15) is 0 Å². The maximum atomic E-state index is 11.8. The number of nitrogens with zero attached hydrogens (tertiary/aromatic N) is 6. The van der Waals surface area contributed by atoms with Crippen molar-refractivity contribution in [3.8, 4) is 22.6 Å². The summed E-state index contributed by atoms with van der Waals surface area (Å²) in [4.78, 5) is 34.2. The average molecular weight is 371 g/mol. The first-order chi connectivity index (χ1) is 13.7. The van der Waals surface area contributed by atoms with Crippen molar-refractivity contribution in [3.63, 3.8) is 0 Å². The summed E-state index contributed by atoms with van der Waals surface area (Å²) in [6.45, 7) is 5.14. The highest BCUT2D eigenvalue weighted by atomic mass is 16.1. The molecule has 28 heavy (non-hydrogen) atoms. The van der Waals surface area contributed by atoms with Gasteiger partial charge in [-0.3, -0.25) is 4.79 Å². The van der Waals surface area contributed by atoms with E-state index >= 15 is 0 Å². The fraction of sp³-hybridized carbons (Fsp3) is 0.200. The van der Waals surface area contributed by atoms with Crippen molar-refractivity contribution in [2.45, 2.75) is 26.9 Å². The van der Waals surface area contributed by atoms with Crippen molar-refractivity contribution in [2.24, 2.45) is 0 Å². The van der Waals surface area contributed by atoms with Crippen LogP contribution in [0, 0.1) is 6.92 Å². The van der Waals surface area contributed by atoms with E-state index in [1.807, 2.05) is 36.6 Å². The van der Waals surface area contributed by atoms with E-state index in [2.05, 4.69) is 25.3 Å². The van der Waals surface area contributed by atoms with Crippen molar-refractivity contribution < 1.29 is 4.79 Å². The third-order valence-electron chi connectivity index (χ3n) is 4.95. The molecule has 138 valence electrons. The molecule has 1 aromatic carbocycles. The van der Waals surface area contributed by atoms with Gasteiger partial charge >= 0.3 is 0 Å². The summed E-state index contributed by atoms with van der Waals surface area (Å²) in [5.41, 5.74) is 5.65. The van der Waals surface area contributed by atoms with Crippen molar-refractivity contribution in [1.82, 2.24) is 34.8 Å². The predicted octanol–water partition coefficient (Wildman–Crippen LogP) is 2.52. The predicted molar refractivity (Wildman–Crippen MR) is 103 cm³/mol. The van der Waals surface area contributed by atoms with Gasteiger partial charge in [-0.05, 0) is 31.5 Å². The Morgan fingerprint density at radius 1 is 1.11 bits per heavy atom. The minimum absolute atomic E-state index is 0.0358. The molecule has 3 aromatic heterocycles.